The van der Waals surface area contributed by atoms with Crippen LogP contribution in [-0.4, -0.2) is 46.8 Å². The second-order valence-corrected chi connectivity index (χ2v) is 9.37. The first kappa shape index (κ1) is 42.2. The summed E-state index contributed by atoms with van der Waals surface area (Å²) >= 11 is 0. The largest absolute Gasteiger partial charge is 1.00 e. The Balaban J connectivity index is -0.000000200. The van der Waals surface area contributed by atoms with Gasteiger partial charge in [-0.2, -0.15) is 8.42 Å². The fourth-order valence-electron chi connectivity index (χ4n) is 1.66. The molecule has 3 N–H and O–H groups in total. The van der Waals surface area contributed by atoms with Crippen LogP contribution >= 0.6 is 0 Å². The van der Waals surface area contributed by atoms with Gasteiger partial charge in [0.1, 0.15) is 0 Å². The molecule has 0 saturated carbocycles. The zero-order valence-electron chi connectivity index (χ0n) is 22.3. The number of hydrogen-bond donors (Lipinski definition) is 3. The summed E-state index contributed by atoms with van der Waals surface area (Å²) in [5.41, 5.74) is 1.62. The van der Waals surface area contributed by atoms with Crippen molar-refractivity contribution in [3.05, 3.63) is 78.4 Å². The van der Waals surface area contributed by atoms with Gasteiger partial charge in [0.05, 0.1) is 11.7 Å². The number of benzene rings is 1. The zero-order valence-corrected chi connectivity index (χ0v) is 26.2. The van der Waals surface area contributed by atoms with Gasteiger partial charge >= 0.3 is 63.3 Å². The topological polar surface area (TPSA) is 169 Å². The second-order valence-electron chi connectivity index (χ2n) is 7.80. The van der Waals surface area contributed by atoms with Gasteiger partial charge in [-0.25, -0.2) is 9.59 Å². The first-order valence-electron chi connectivity index (χ1n) is 10.7. The zero-order chi connectivity index (χ0) is 28.9. The van der Waals surface area contributed by atoms with Crippen LogP contribution in [0.1, 0.15) is 52.5 Å². The second kappa shape index (κ2) is 24.5. The summed E-state index contributed by atoms with van der Waals surface area (Å²) < 4.78 is 28.5. The van der Waals surface area contributed by atoms with E-state index in [0.29, 0.717) is 11.5 Å². The molecule has 0 saturated heterocycles. The van der Waals surface area contributed by atoms with E-state index in [0.717, 1.165) is 6.42 Å². The molecule has 11 heteroatoms. The summed E-state index contributed by atoms with van der Waals surface area (Å²) in [6.45, 7) is 17.1. The van der Waals surface area contributed by atoms with Crippen LogP contribution in [0.2, 0.25) is 0 Å². The average Bonchev–Trinajstić information content (AvgIpc) is 2.78. The van der Waals surface area contributed by atoms with Gasteiger partial charge in [0, 0.05) is 11.1 Å². The van der Waals surface area contributed by atoms with Crippen molar-refractivity contribution in [1.29, 1.82) is 0 Å². The van der Waals surface area contributed by atoms with Gasteiger partial charge in [0.25, 0.3) is 10.1 Å². The smallest absolute Gasteiger partial charge is 0.545 e. The molecule has 0 spiro atoms. The quantitative estimate of drug-likeness (QED) is 0.213. The Morgan fingerprint density at radius 2 is 1.49 bits per heavy atom. The summed E-state index contributed by atoms with van der Waals surface area (Å²) in [5.74, 6) is -3.07. The van der Waals surface area contributed by atoms with Gasteiger partial charge in [0.15, 0.2) is 0 Å². The van der Waals surface area contributed by atoms with Crippen molar-refractivity contribution < 1.29 is 94.1 Å². The van der Waals surface area contributed by atoms with Crippen molar-refractivity contribution in [3.8, 4) is 0 Å². The molecule has 37 heavy (non-hydrogen) atoms. The number of rotatable bonds is 10. The molecule has 0 amide bonds. The van der Waals surface area contributed by atoms with Crippen molar-refractivity contribution in [1.82, 2.24) is 0 Å². The Morgan fingerprint density at radius 1 is 1.03 bits per heavy atom. The summed E-state index contributed by atoms with van der Waals surface area (Å²) in [7, 11) is -4.00. The van der Waals surface area contributed by atoms with E-state index in [-0.39, 0.29) is 75.4 Å². The standard InChI is InChI=1S/C8H14O2.C8H8.C6H10O5S.C4H6O2.K/c1-6(2)4-5-7(3)8(9)10;1-2-8-6-4-3-5-7-8;1-5(6(7)8)3-2-4-12(9,10)11;1-3(2)4(5)6;/h5-6H,4H2,1-3H3,(H,9,10);2-7H,1H2;1-4H2,(H,7,8)(H,9,10,11);1H2,2H3,(H,5,6);/q;;;;+1/p-1. The molecule has 0 unspecified atom stereocenters. The Hall–Kier alpha value is -1.86. The van der Waals surface area contributed by atoms with Crippen LogP contribution in [0.3, 0.4) is 0 Å². The first-order chi connectivity index (χ1) is 16.4. The van der Waals surface area contributed by atoms with E-state index in [2.05, 4.69) is 33.6 Å². The summed E-state index contributed by atoms with van der Waals surface area (Å²) in [4.78, 5) is 29.9. The SMILES string of the molecule is C=C(C)C(=O)O.C=C(CCCS(=O)(=O)O)C(=O)[O-].C=Cc1ccccc1.CC(=CCC(C)C)C(=O)O.[K+]. The van der Waals surface area contributed by atoms with Crippen LogP contribution in [0, 0.1) is 5.92 Å². The number of hydrogen-bond acceptors (Lipinski definition) is 6. The number of carbonyl (C=O) groups is 3. The van der Waals surface area contributed by atoms with Crippen LogP contribution in [0.15, 0.2) is 72.9 Å². The molecule has 0 fully saturated rings. The maximum atomic E-state index is 10.2. The van der Waals surface area contributed by atoms with Crippen LogP contribution in [0.4, 0.5) is 0 Å². The third-order valence-electron chi connectivity index (χ3n) is 3.80. The number of aliphatic carboxylic acids is 3. The molecule has 0 radical (unpaired) electrons. The molecule has 1 aromatic carbocycles. The van der Waals surface area contributed by atoms with E-state index in [1.54, 1.807) is 13.0 Å². The molecule has 0 aromatic heterocycles. The maximum Gasteiger partial charge on any atom is 1.00 e. The minimum atomic E-state index is -4.00. The van der Waals surface area contributed by atoms with Gasteiger partial charge in [-0.15, -0.1) is 0 Å². The van der Waals surface area contributed by atoms with E-state index >= 15 is 0 Å². The van der Waals surface area contributed by atoms with Crippen molar-refractivity contribution in [3.63, 3.8) is 0 Å². The van der Waals surface area contributed by atoms with Crippen molar-refractivity contribution in [2.24, 2.45) is 5.92 Å². The third-order valence-corrected chi connectivity index (χ3v) is 4.61. The minimum Gasteiger partial charge on any atom is -0.545 e. The molecule has 0 aliphatic carbocycles. The Labute approximate surface area is 262 Å². The van der Waals surface area contributed by atoms with Gasteiger partial charge in [-0.1, -0.05) is 76.1 Å². The van der Waals surface area contributed by atoms with E-state index in [4.69, 9.17) is 14.8 Å². The Bertz CT molecular complexity index is 984. The van der Waals surface area contributed by atoms with Gasteiger partial charge in [-0.05, 0) is 50.2 Å². The number of allylic oxidation sites excluding steroid dienone is 1. The minimum absolute atomic E-state index is 0. The molecular formula is C26H37KO9S. The van der Waals surface area contributed by atoms with Crippen LogP contribution in [0.5, 0.6) is 0 Å². The molecule has 1 rings (SSSR count). The van der Waals surface area contributed by atoms with Crippen LogP contribution in [-0.2, 0) is 24.5 Å². The van der Waals surface area contributed by atoms with Crippen LogP contribution < -0.4 is 56.5 Å². The van der Waals surface area contributed by atoms with Crippen molar-refractivity contribution in [2.45, 2.75) is 47.0 Å². The average molecular weight is 565 g/mol. The first-order valence-corrected chi connectivity index (χ1v) is 12.4. The number of carbonyl (C=O) groups excluding carboxylic acids is 1. The molecule has 0 bridgehead atoms. The molecule has 0 aliphatic heterocycles. The van der Waals surface area contributed by atoms with E-state index in [1.165, 1.54) is 12.5 Å². The van der Waals surface area contributed by atoms with E-state index < -0.39 is 33.8 Å². The van der Waals surface area contributed by atoms with E-state index in [9.17, 15) is 27.9 Å². The molecule has 0 aliphatic rings. The maximum absolute atomic E-state index is 10.2. The third kappa shape index (κ3) is 34.1. The summed E-state index contributed by atoms with van der Waals surface area (Å²) in [6.07, 6.45) is 4.47. The van der Waals surface area contributed by atoms with Crippen molar-refractivity contribution in [2.75, 3.05) is 5.75 Å². The van der Waals surface area contributed by atoms with Gasteiger partial charge in [-0.3, -0.25) is 4.55 Å². The van der Waals surface area contributed by atoms with Gasteiger partial charge in [0.2, 0.25) is 0 Å². The monoisotopic (exact) mass is 564 g/mol. The molecular weight excluding hydrogens is 527 g/mol. The Kier molecular flexibility index (Phi) is 27.9. The number of carboxylic acid groups (broad SMARTS) is 3. The normalized spacial score (nSPS) is 9.95. The van der Waals surface area contributed by atoms with Crippen molar-refractivity contribution >= 4 is 34.1 Å². The van der Waals surface area contributed by atoms with Gasteiger partial charge < -0.3 is 20.1 Å². The molecule has 0 atom stereocenters. The van der Waals surface area contributed by atoms with E-state index in [1.807, 2.05) is 36.4 Å². The molecule has 202 valence electrons. The number of carboxylic acids is 3. The predicted octanol–water partition coefficient (Wildman–Crippen LogP) is 1.00. The summed E-state index contributed by atoms with van der Waals surface area (Å²) in [6, 6.07) is 10.0. The Morgan fingerprint density at radius 3 is 1.76 bits per heavy atom. The summed E-state index contributed by atoms with van der Waals surface area (Å²) in [5, 5.41) is 26.4. The predicted molar refractivity (Wildman–Crippen MR) is 140 cm³/mol. The molecule has 9 nitrogen and oxygen atoms in total. The molecule has 1 aromatic rings. The fourth-order valence-corrected chi connectivity index (χ4v) is 2.17. The fraction of sp³-hybridized carbons (Fsp3) is 0.346. The van der Waals surface area contributed by atoms with Crippen LogP contribution in [0.25, 0.3) is 6.08 Å². The molecule has 0 heterocycles.